The summed E-state index contributed by atoms with van der Waals surface area (Å²) in [5.41, 5.74) is 5.93. The van der Waals surface area contributed by atoms with Gasteiger partial charge in [-0.25, -0.2) is 9.78 Å². The van der Waals surface area contributed by atoms with Crippen molar-refractivity contribution in [2.75, 3.05) is 11.5 Å². The van der Waals surface area contributed by atoms with Crippen LogP contribution < -0.4 is 4.90 Å². The summed E-state index contributed by atoms with van der Waals surface area (Å²) in [6.07, 6.45) is 1.32. The third-order valence-electron chi connectivity index (χ3n) is 4.96. The van der Waals surface area contributed by atoms with Gasteiger partial charge < -0.3 is 9.72 Å². The number of hydrogen-bond donors (Lipinski definition) is 1. The van der Waals surface area contributed by atoms with Gasteiger partial charge in [-0.05, 0) is 34.9 Å². The first kappa shape index (κ1) is 15.6. The minimum absolute atomic E-state index is 0.150. The number of ether oxygens (including phenoxy) is 1. The molecule has 5 heteroatoms. The standard InChI is InChI=1S/C22H17N3O2/c26-22-25(18-10-11-19-20(12-18)24-14-23-19)21(13-27-22)17-8-6-16(7-9-17)15-4-2-1-3-5-15/h1-12,14,21H,13H2,(H,23,24)/t21-/m1/s1. The van der Waals surface area contributed by atoms with E-state index in [1.807, 2.05) is 36.4 Å². The van der Waals surface area contributed by atoms with Crippen molar-refractivity contribution in [3.05, 3.63) is 84.7 Å². The predicted octanol–water partition coefficient (Wildman–Crippen LogP) is 4.93. The number of aromatic amines is 1. The zero-order valence-electron chi connectivity index (χ0n) is 14.5. The molecule has 0 radical (unpaired) electrons. The molecule has 0 saturated carbocycles. The Morgan fingerprint density at radius 3 is 2.56 bits per heavy atom. The molecule has 0 aliphatic carbocycles. The number of carbonyl (C=O) groups excluding carboxylic acids is 1. The molecule has 0 spiro atoms. The Morgan fingerprint density at radius 2 is 1.74 bits per heavy atom. The number of imidazole rings is 1. The second kappa shape index (κ2) is 6.29. The number of fused-ring (bicyclic) bond motifs is 1. The monoisotopic (exact) mass is 355 g/mol. The van der Waals surface area contributed by atoms with Crippen LogP contribution in [0.15, 0.2) is 79.1 Å². The zero-order chi connectivity index (χ0) is 18.2. The Morgan fingerprint density at radius 1 is 0.963 bits per heavy atom. The molecule has 1 aliphatic rings. The average Bonchev–Trinajstić information content (AvgIpc) is 3.34. The lowest BCUT2D eigenvalue weighted by Gasteiger charge is -2.22. The van der Waals surface area contributed by atoms with E-state index in [0.29, 0.717) is 6.61 Å². The Labute approximate surface area is 156 Å². The Balaban J connectivity index is 1.49. The lowest BCUT2D eigenvalue weighted by Crippen LogP contribution is -2.27. The van der Waals surface area contributed by atoms with E-state index in [9.17, 15) is 4.79 Å². The Hall–Kier alpha value is -3.60. The number of nitrogens with one attached hydrogen (secondary N) is 1. The van der Waals surface area contributed by atoms with Gasteiger partial charge in [-0.2, -0.15) is 0 Å². The number of H-pyrrole nitrogens is 1. The molecular formula is C22H17N3O2. The Kier molecular flexibility index (Phi) is 3.64. The molecule has 132 valence electrons. The van der Waals surface area contributed by atoms with E-state index in [1.54, 1.807) is 11.2 Å². The quantitative estimate of drug-likeness (QED) is 0.567. The molecule has 1 atom stereocenters. The van der Waals surface area contributed by atoms with Gasteiger partial charge >= 0.3 is 6.09 Å². The van der Waals surface area contributed by atoms with E-state index >= 15 is 0 Å². The second-order valence-electron chi connectivity index (χ2n) is 6.55. The lowest BCUT2D eigenvalue weighted by molar-refractivity contribution is 0.179. The third-order valence-corrected chi connectivity index (χ3v) is 4.96. The van der Waals surface area contributed by atoms with Crippen molar-refractivity contribution in [1.82, 2.24) is 9.97 Å². The predicted molar refractivity (Wildman–Crippen MR) is 105 cm³/mol. The lowest BCUT2D eigenvalue weighted by atomic mass is 10.0. The summed E-state index contributed by atoms with van der Waals surface area (Å²) in [6.45, 7) is 0.338. The minimum Gasteiger partial charge on any atom is -0.447 e. The molecule has 2 heterocycles. The van der Waals surface area contributed by atoms with Crippen LogP contribution in [0, 0.1) is 0 Å². The molecule has 5 nitrogen and oxygen atoms in total. The van der Waals surface area contributed by atoms with E-state index in [2.05, 4.69) is 46.4 Å². The number of anilines is 1. The van der Waals surface area contributed by atoms with E-state index in [0.717, 1.165) is 27.8 Å². The number of nitrogens with zero attached hydrogens (tertiary/aromatic N) is 2. The minimum atomic E-state index is -0.328. The number of cyclic esters (lactones) is 1. The smallest absolute Gasteiger partial charge is 0.415 e. The van der Waals surface area contributed by atoms with Gasteiger partial charge in [0.15, 0.2) is 0 Å². The number of carbonyl (C=O) groups is 1. The fraction of sp³-hybridized carbons (Fsp3) is 0.0909. The number of rotatable bonds is 3. The van der Waals surface area contributed by atoms with Crippen LogP contribution in [0.4, 0.5) is 10.5 Å². The fourth-order valence-corrected chi connectivity index (χ4v) is 3.55. The van der Waals surface area contributed by atoms with Crippen molar-refractivity contribution in [3.8, 4) is 11.1 Å². The molecule has 0 unspecified atom stereocenters. The summed E-state index contributed by atoms with van der Waals surface area (Å²) >= 11 is 0. The number of amides is 1. The highest BCUT2D eigenvalue weighted by atomic mass is 16.6. The third kappa shape index (κ3) is 2.73. The topological polar surface area (TPSA) is 58.2 Å². The van der Waals surface area contributed by atoms with Crippen molar-refractivity contribution < 1.29 is 9.53 Å². The van der Waals surface area contributed by atoms with Gasteiger partial charge in [-0.15, -0.1) is 0 Å². The summed E-state index contributed by atoms with van der Waals surface area (Å²) in [5.74, 6) is 0. The molecule has 1 fully saturated rings. The molecule has 1 saturated heterocycles. The first-order valence-corrected chi connectivity index (χ1v) is 8.84. The summed E-state index contributed by atoms with van der Waals surface area (Å²) < 4.78 is 5.36. The molecule has 1 amide bonds. The van der Waals surface area contributed by atoms with Gasteiger partial charge in [0.2, 0.25) is 0 Å². The van der Waals surface area contributed by atoms with Crippen LogP contribution in [0.5, 0.6) is 0 Å². The van der Waals surface area contributed by atoms with Crippen molar-refractivity contribution in [1.29, 1.82) is 0 Å². The van der Waals surface area contributed by atoms with Gasteiger partial charge in [0, 0.05) is 0 Å². The maximum Gasteiger partial charge on any atom is 0.415 e. The maximum atomic E-state index is 12.4. The van der Waals surface area contributed by atoms with Gasteiger partial charge in [-0.1, -0.05) is 54.6 Å². The first-order valence-electron chi connectivity index (χ1n) is 8.84. The van der Waals surface area contributed by atoms with E-state index in [4.69, 9.17) is 4.74 Å². The first-order chi connectivity index (χ1) is 13.3. The molecule has 0 bridgehead atoms. The van der Waals surface area contributed by atoms with Gasteiger partial charge in [0.05, 0.1) is 29.1 Å². The van der Waals surface area contributed by atoms with Crippen LogP contribution in [0.1, 0.15) is 11.6 Å². The van der Waals surface area contributed by atoms with Crippen LogP contribution >= 0.6 is 0 Å². The van der Waals surface area contributed by atoms with Crippen molar-refractivity contribution in [2.45, 2.75) is 6.04 Å². The fourth-order valence-electron chi connectivity index (χ4n) is 3.55. The summed E-state index contributed by atoms with van der Waals surface area (Å²) in [4.78, 5) is 21.4. The largest absolute Gasteiger partial charge is 0.447 e. The molecular weight excluding hydrogens is 338 g/mol. The summed E-state index contributed by atoms with van der Waals surface area (Å²) in [5, 5.41) is 0. The molecule has 4 aromatic rings. The average molecular weight is 355 g/mol. The number of aromatic nitrogens is 2. The van der Waals surface area contributed by atoms with E-state index in [-0.39, 0.29) is 12.1 Å². The van der Waals surface area contributed by atoms with Crippen LogP contribution in [-0.2, 0) is 4.74 Å². The van der Waals surface area contributed by atoms with E-state index < -0.39 is 0 Å². The van der Waals surface area contributed by atoms with E-state index in [1.165, 1.54) is 5.56 Å². The molecule has 3 aromatic carbocycles. The van der Waals surface area contributed by atoms with Gasteiger partial charge in [0.25, 0.3) is 0 Å². The molecule has 27 heavy (non-hydrogen) atoms. The van der Waals surface area contributed by atoms with Crippen LogP contribution in [0.3, 0.4) is 0 Å². The Bertz CT molecular complexity index is 1100. The van der Waals surface area contributed by atoms with Crippen molar-refractivity contribution in [2.24, 2.45) is 0 Å². The summed E-state index contributed by atoms with van der Waals surface area (Å²) in [6, 6.07) is 24.1. The van der Waals surface area contributed by atoms with Crippen LogP contribution in [0.25, 0.3) is 22.2 Å². The number of benzene rings is 3. The summed E-state index contributed by atoms with van der Waals surface area (Å²) in [7, 11) is 0. The number of hydrogen-bond acceptors (Lipinski definition) is 3. The zero-order valence-corrected chi connectivity index (χ0v) is 14.5. The SMILES string of the molecule is O=C1OC[C@H](c2ccc(-c3ccccc3)cc2)N1c1ccc2nc[nH]c2c1. The molecule has 1 aliphatic heterocycles. The highest BCUT2D eigenvalue weighted by Gasteiger charge is 2.35. The highest BCUT2D eigenvalue weighted by molar-refractivity contribution is 5.93. The van der Waals surface area contributed by atoms with Gasteiger partial charge in [-0.3, -0.25) is 4.90 Å². The maximum absolute atomic E-state index is 12.4. The van der Waals surface area contributed by atoms with Crippen molar-refractivity contribution in [3.63, 3.8) is 0 Å². The highest BCUT2D eigenvalue weighted by Crippen LogP contribution is 2.34. The normalized spacial score (nSPS) is 16.7. The molecule has 1 N–H and O–H groups in total. The van der Waals surface area contributed by atoms with Gasteiger partial charge in [0.1, 0.15) is 6.61 Å². The van der Waals surface area contributed by atoms with Crippen molar-refractivity contribution >= 4 is 22.8 Å². The molecule has 5 rings (SSSR count). The van der Waals surface area contributed by atoms with Crippen LogP contribution in [-0.4, -0.2) is 22.7 Å². The second-order valence-corrected chi connectivity index (χ2v) is 6.55. The van der Waals surface area contributed by atoms with Crippen LogP contribution in [0.2, 0.25) is 0 Å². The molecule has 1 aromatic heterocycles.